The van der Waals surface area contributed by atoms with Crippen LogP contribution in [0, 0.1) is 0 Å². The molecule has 1 aliphatic rings. The number of ether oxygens (including phenoxy) is 1. The zero-order chi connectivity index (χ0) is 32.3. The first-order valence-corrected chi connectivity index (χ1v) is 23.8. The summed E-state index contributed by atoms with van der Waals surface area (Å²) in [6.45, 7) is 38.3. The Morgan fingerprint density at radius 2 is 1.36 bits per heavy atom. The minimum Gasteiger partial charge on any atom is -0.414 e. The molecule has 238 valence electrons. The van der Waals surface area contributed by atoms with Crippen LogP contribution >= 0.6 is 0 Å². The quantitative estimate of drug-likeness (QED) is 0.279. The lowest BCUT2D eigenvalue weighted by Gasteiger charge is -2.44. The Morgan fingerprint density at radius 1 is 0.857 bits per heavy atom. The molecule has 12 heteroatoms. The normalized spacial score (nSPS) is 23.1. The molecule has 2 aromatic rings. The van der Waals surface area contributed by atoms with Crippen LogP contribution in [-0.4, -0.2) is 69.4 Å². The summed E-state index contributed by atoms with van der Waals surface area (Å²) in [6.07, 6.45) is 1.76. The van der Waals surface area contributed by atoms with Gasteiger partial charge in [0.15, 0.2) is 36.8 Å². The molecule has 0 aliphatic carbocycles. The van der Waals surface area contributed by atoms with Crippen LogP contribution in [0.15, 0.2) is 12.9 Å². The third-order valence-electron chi connectivity index (χ3n) is 10.1. The largest absolute Gasteiger partial charge is 0.414 e. The highest BCUT2D eigenvalue weighted by atomic mass is 28.4. The van der Waals surface area contributed by atoms with Gasteiger partial charge in [-0.25, -0.2) is 9.97 Å². The van der Waals surface area contributed by atoms with E-state index in [-0.39, 0.29) is 33.3 Å². The Hall–Kier alpha value is -1.42. The minimum absolute atomic E-state index is 0.000310. The van der Waals surface area contributed by atoms with Crippen LogP contribution in [0.2, 0.25) is 54.4 Å². The van der Waals surface area contributed by atoms with Crippen molar-refractivity contribution >= 4 is 48.1 Å². The molecular formula is C30H57N5O4Si3. The molecule has 2 N–H and O–H groups in total. The van der Waals surface area contributed by atoms with Crippen molar-refractivity contribution in [2.45, 2.75) is 141 Å². The lowest BCUT2D eigenvalue weighted by Crippen LogP contribution is -2.54. The predicted molar refractivity (Wildman–Crippen MR) is 181 cm³/mol. The Morgan fingerprint density at radius 3 is 1.83 bits per heavy atom. The number of rotatable bonds is 9. The molecule has 0 saturated carbocycles. The maximum atomic E-state index is 7.26. The summed E-state index contributed by atoms with van der Waals surface area (Å²) < 4.78 is 30.2. The second-order valence-electron chi connectivity index (χ2n) is 16.3. The molecule has 0 aromatic carbocycles. The van der Waals surface area contributed by atoms with Gasteiger partial charge < -0.3 is 23.7 Å². The smallest absolute Gasteiger partial charge is 0.222 e. The van der Waals surface area contributed by atoms with Gasteiger partial charge in [-0.2, -0.15) is 4.98 Å². The van der Waals surface area contributed by atoms with Crippen molar-refractivity contribution in [3.63, 3.8) is 0 Å². The van der Waals surface area contributed by atoms with E-state index in [9.17, 15) is 0 Å². The maximum absolute atomic E-state index is 7.26. The minimum atomic E-state index is -2.29. The number of hydrogen-bond donors (Lipinski definition) is 1. The van der Waals surface area contributed by atoms with Crippen molar-refractivity contribution in [2.75, 3.05) is 12.3 Å². The van der Waals surface area contributed by atoms with Gasteiger partial charge in [-0.05, 0) is 60.5 Å². The van der Waals surface area contributed by atoms with E-state index in [0.29, 0.717) is 23.5 Å². The van der Waals surface area contributed by atoms with Gasteiger partial charge in [-0.15, -0.1) is 0 Å². The van der Waals surface area contributed by atoms with E-state index in [4.69, 9.17) is 23.7 Å². The molecule has 1 unspecified atom stereocenters. The Kier molecular flexibility index (Phi) is 9.60. The van der Waals surface area contributed by atoms with E-state index in [1.165, 1.54) is 0 Å². The molecule has 3 heterocycles. The topological polar surface area (TPSA) is 107 Å². The maximum Gasteiger partial charge on any atom is 0.222 e. The second kappa shape index (κ2) is 11.5. The van der Waals surface area contributed by atoms with Crippen molar-refractivity contribution in [1.29, 1.82) is 0 Å². The number of fused-ring (bicyclic) bond motifs is 1. The summed E-state index contributed by atoms with van der Waals surface area (Å²) in [5, 5.41) is 0.0437. The van der Waals surface area contributed by atoms with E-state index in [2.05, 4.69) is 123 Å². The fourth-order valence-corrected chi connectivity index (χ4v) is 7.78. The summed E-state index contributed by atoms with van der Waals surface area (Å²) >= 11 is 0. The standard InChI is InChI=1S/C30H57N5O4Si3/c1-17-20-22-25(34-27(31)33-20)35(19-32-22)26-24(39-42(15,16)30(8,9)10)23(38-41(13,14)29(5,6)7)21(37-26)18-36-40(11,12)28(2,3)4/h17,19,21,23-24,26H,1,18H2,2-16H3,(H2,31,33,34)/t21-,23-,24-,26?/m1/s1. The van der Waals surface area contributed by atoms with E-state index in [0.717, 1.165) is 0 Å². The number of nitrogens with zero attached hydrogens (tertiary/aromatic N) is 4. The van der Waals surface area contributed by atoms with Crippen molar-refractivity contribution in [3.05, 3.63) is 18.6 Å². The number of hydrogen-bond acceptors (Lipinski definition) is 8. The van der Waals surface area contributed by atoms with Gasteiger partial charge in [0.2, 0.25) is 5.95 Å². The molecule has 1 fully saturated rings. The van der Waals surface area contributed by atoms with Gasteiger partial charge in [0.25, 0.3) is 0 Å². The van der Waals surface area contributed by atoms with Crippen molar-refractivity contribution in [3.8, 4) is 0 Å². The number of aromatic nitrogens is 4. The van der Waals surface area contributed by atoms with Crippen LogP contribution in [0.25, 0.3) is 17.2 Å². The summed E-state index contributed by atoms with van der Waals surface area (Å²) in [4.78, 5) is 13.6. The lowest BCUT2D eigenvalue weighted by molar-refractivity contribution is -0.0470. The molecule has 1 aliphatic heterocycles. The highest BCUT2D eigenvalue weighted by Crippen LogP contribution is 2.47. The Balaban J connectivity index is 2.20. The third-order valence-corrected chi connectivity index (χ3v) is 23.6. The summed E-state index contributed by atoms with van der Waals surface area (Å²) in [6, 6.07) is 0. The van der Waals surface area contributed by atoms with Gasteiger partial charge in [-0.1, -0.05) is 68.9 Å². The van der Waals surface area contributed by atoms with E-state index < -0.39 is 37.3 Å². The molecule has 2 aromatic heterocycles. The molecule has 0 radical (unpaired) electrons. The van der Waals surface area contributed by atoms with Gasteiger partial charge >= 0.3 is 0 Å². The number of nitrogen functional groups attached to an aromatic ring is 1. The van der Waals surface area contributed by atoms with Crippen LogP contribution < -0.4 is 5.73 Å². The van der Waals surface area contributed by atoms with Gasteiger partial charge in [0.1, 0.15) is 23.8 Å². The molecule has 3 rings (SSSR count). The predicted octanol–water partition coefficient (Wildman–Crippen LogP) is 7.75. The molecule has 9 nitrogen and oxygen atoms in total. The number of anilines is 1. The molecule has 42 heavy (non-hydrogen) atoms. The SMILES string of the molecule is C=Cc1nc(N)nc2c1ncn2C1O[C@H](CO[Si](C)(C)C(C)(C)C)[C@@H](O[Si](C)(C)C(C)(C)C)[C@H]1O[Si](C)(C)C(C)(C)C. The fraction of sp³-hybridized carbons (Fsp3) is 0.767. The Bertz CT molecular complexity index is 1270. The molecule has 0 amide bonds. The zero-order valence-electron chi connectivity index (χ0n) is 28.9. The molecule has 4 atom stereocenters. The van der Waals surface area contributed by atoms with Crippen molar-refractivity contribution in [2.24, 2.45) is 0 Å². The average Bonchev–Trinajstić information content (AvgIpc) is 3.36. The first-order valence-electron chi connectivity index (χ1n) is 15.1. The van der Waals surface area contributed by atoms with Crippen molar-refractivity contribution in [1.82, 2.24) is 19.5 Å². The molecular weight excluding hydrogens is 579 g/mol. The second-order valence-corrected chi connectivity index (χ2v) is 30.6. The first-order chi connectivity index (χ1) is 18.8. The van der Waals surface area contributed by atoms with Crippen LogP contribution in [0.4, 0.5) is 5.95 Å². The monoisotopic (exact) mass is 635 g/mol. The molecule has 1 saturated heterocycles. The molecule has 0 bridgehead atoms. The van der Waals surface area contributed by atoms with Crippen LogP contribution in [-0.2, 0) is 18.0 Å². The van der Waals surface area contributed by atoms with Gasteiger partial charge in [0.05, 0.1) is 18.6 Å². The third kappa shape index (κ3) is 6.94. The van der Waals surface area contributed by atoms with Gasteiger partial charge in [-0.3, -0.25) is 4.57 Å². The summed E-state index contributed by atoms with van der Waals surface area (Å²) in [5.41, 5.74) is 7.93. The summed E-state index contributed by atoms with van der Waals surface area (Å²) in [5.74, 6) is 0.158. The summed E-state index contributed by atoms with van der Waals surface area (Å²) in [7, 11) is -6.61. The zero-order valence-corrected chi connectivity index (χ0v) is 31.9. The van der Waals surface area contributed by atoms with Gasteiger partial charge in [0, 0.05) is 0 Å². The fourth-order valence-electron chi connectivity index (χ4n) is 4.16. The van der Waals surface area contributed by atoms with Crippen LogP contribution in [0.1, 0.15) is 74.2 Å². The lowest BCUT2D eigenvalue weighted by atomic mass is 10.1. The molecule has 0 spiro atoms. The van der Waals surface area contributed by atoms with Crippen molar-refractivity contribution < 1.29 is 18.0 Å². The van der Waals surface area contributed by atoms with E-state index >= 15 is 0 Å². The van der Waals surface area contributed by atoms with E-state index in [1.807, 2.05) is 4.57 Å². The highest BCUT2D eigenvalue weighted by Gasteiger charge is 2.55. The van der Waals surface area contributed by atoms with Crippen LogP contribution in [0.3, 0.4) is 0 Å². The van der Waals surface area contributed by atoms with E-state index in [1.54, 1.807) is 12.4 Å². The number of imidazole rings is 1. The highest BCUT2D eigenvalue weighted by molar-refractivity contribution is 6.75. The van der Waals surface area contributed by atoms with Crippen LogP contribution in [0.5, 0.6) is 0 Å². The Labute approximate surface area is 257 Å². The average molecular weight is 636 g/mol. The first kappa shape index (κ1) is 35.1. The number of nitrogens with two attached hydrogens (primary N) is 1.